The highest BCUT2D eigenvalue weighted by Gasteiger charge is 2.32. The van der Waals surface area contributed by atoms with E-state index in [2.05, 4.69) is 46.0 Å². The number of ether oxygens (including phenoxy) is 2. The molecule has 0 amide bonds. The minimum absolute atomic E-state index is 0. The van der Waals surface area contributed by atoms with E-state index < -0.39 is 16.0 Å². The standard InChI is InChI=1S/C36H42N4O6S.ClH/c1-23(2)16-29(37-28-18-30(19-28)45-21-26-12-6-5-7-13-26)22-46-33-20-32(34-24(3)10-8-11-25(34)4)38-36(39-33)40-47(43,44)31-15-9-14-27(17-31)35(41)42;/h5-15,17,20,23,28-30,37H,16,18-19,21-22H2,1-4H3,(H,41,42)(H,38,39,40);1H/t28?,29-,30?;/m1./s1. The topological polar surface area (TPSA) is 140 Å². The van der Waals surface area contributed by atoms with Gasteiger partial charge in [-0.15, -0.1) is 12.4 Å². The number of aryl methyl sites for hydroxylation is 2. The zero-order valence-electron chi connectivity index (χ0n) is 27.5. The SMILES string of the molecule is Cc1cccc(C)c1-c1cc(OC[C@@H](CC(C)C)NC2CC(OCc3ccccc3)C2)nc(NS(=O)(=O)c2cccc(C(=O)O)c2)n1.Cl. The lowest BCUT2D eigenvalue weighted by Gasteiger charge is -2.38. The van der Waals surface area contributed by atoms with Gasteiger partial charge < -0.3 is 19.9 Å². The number of carboxylic acids is 1. The summed E-state index contributed by atoms with van der Waals surface area (Å²) in [5, 5.41) is 13.1. The summed E-state index contributed by atoms with van der Waals surface area (Å²) in [6, 6.07) is 23.2. The van der Waals surface area contributed by atoms with Gasteiger partial charge in [-0.2, -0.15) is 4.98 Å². The van der Waals surface area contributed by atoms with E-state index in [1.165, 1.54) is 18.2 Å². The van der Waals surface area contributed by atoms with Gasteiger partial charge >= 0.3 is 5.97 Å². The molecule has 0 spiro atoms. The minimum atomic E-state index is -4.21. The number of nitrogens with one attached hydrogen (secondary N) is 2. The maximum atomic E-state index is 13.3. The van der Waals surface area contributed by atoms with Crippen LogP contribution in [0, 0.1) is 19.8 Å². The van der Waals surface area contributed by atoms with E-state index in [1.807, 2.05) is 50.2 Å². The normalized spacial score (nSPS) is 16.4. The zero-order valence-corrected chi connectivity index (χ0v) is 29.2. The predicted molar refractivity (Wildman–Crippen MR) is 188 cm³/mol. The van der Waals surface area contributed by atoms with E-state index in [0.29, 0.717) is 30.9 Å². The Bertz CT molecular complexity index is 1780. The molecule has 1 saturated carbocycles. The Labute approximate surface area is 288 Å². The molecular formula is C36H43ClN4O6S. The van der Waals surface area contributed by atoms with E-state index in [-0.39, 0.29) is 46.8 Å². The molecule has 12 heteroatoms. The van der Waals surface area contributed by atoms with Crippen molar-refractivity contribution in [2.24, 2.45) is 5.92 Å². The number of hydrogen-bond donors (Lipinski definition) is 3. The van der Waals surface area contributed by atoms with Crippen molar-refractivity contribution in [3.8, 4) is 17.1 Å². The lowest BCUT2D eigenvalue weighted by molar-refractivity contribution is -0.0303. The van der Waals surface area contributed by atoms with Crippen molar-refractivity contribution < 1.29 is 27.8 Å². The van der Waals surface area contributed by atoms with Crippen LogP contribution in [0.4, 0.5) is 5.95 Å². The fraction of sp³-hybridized carbons (Fsp3) is 0.361. The summed E-state index contributed by atoms with van der Waals surface area (Å²) in [4.78, 5) is 20.2. The Kier molecular flexibility index (Phi) is 12.6. The van der Waals surface area contributed by atoms with Crippen molar-refractivity contribution in [1.29, 1.82) is 0 Å². The van der Waals surface area contributed by atoms with E-state index >= 15 is 0 Å². The third-order valence-electron chi connectivity index (χ3n) is 8.14. The Morgan fingerprint density at radius 2 is 1.65 bits per heavy atom. The van der Waals surface area contributed by atoms with Crippen molar-refractivity contribution >= 4 is 34.3 Å². The van der Waals surface area contributed by atoms with Gasteiger partial charge in [0.05, 0.1) is 28.9 Å². The van der Waals surface area contributed by atoms with Crippen LogP contribution < -0.4 is 14.8 Å². The highest BCUT2D eigenvalue weighted by atomic mass is 35.5. The first-order valence-electron chi connectivity index (χ1n) is 15.8. The number of aromatic nitrogens is 2. The van der Waals surface area contributed by atoms with E-state index in [0.717, 1.165) is 47.6 Å². The molecule has 1 fully saturated rings. The lowest BCUT2D eigenvalue weighted by atomic mass is 9.88. The minimum Gasteiger partial charge on any atom is -0.478 e. The molecule has 4 aromatic rings. The molecule has 5 rings (SSSR count). The van der Waals surface area contributed by atoms with Gasteiger partial charge in [0.25, 0.3) is 10.0 Å². The predicted octanol–water partition coefficient (Wildman–Crippen LogP) is 6.81. The van der Waals surface area contributed by atoms with Crippen LogP contribution in [0.1, 0.15) is 60.2 Å². The third-order valence-corrected chi connectivity index (χ3v) is 9.47. The summed E-state index contributed by atoms with van der Waals surface area (Å²) in [7, 11) is -4.21. The van der Waals surface area contributed by atoms with Crippen molar-refractivity contribution in [3.05, 3.63) is 101 Å². The lowest BCUT2D eigenvalue weighted by Crippen LogP contribution is -2.51. The highest BCUT2D eigenvalue weighted by molar-refractivity contribution is 7.92. The Morgan fingerprint density at radius 3 is 2.31 bits per heavy atom. The molecule has 0 aliphatic heterocycles. The number of anilines is 1. The van der Waals surface area contributed by atoms with E-state index in [9.17, 15) is 18.3 Å². The number of halogens is 1. The first-order chi connectivity index (χ1) is 22.5. The number of sulfonamides is 1. The quantitative estimate of drug-likeness (QED) is 0.122. The van der Waals surface area contributed by atoms with Gasteiger partial charge in [-0.05, 0) is 73.9 Å². The van der Waals surface area contributed by atoms with Crippen LogP contribution in [0.2, 0.25) is 0 Å². The van der Waals surface area contributed by atoms with Crippen molar-refractivity contribution in [3.63, 3.8) is 0 Å². The molecule has 0 bridgehead atoms. The number of rotatable bonds is 15. The number of nitrogens with zero attached hydrogens (tertiary/aromatic N) is 2. The molecule has 256 valence electrons. The number of benzene rings is 3. The van der Waals surface area contributed by atoms with Crippen LogP contribution in [-0.4, -0.2) is 54.3 Å². The Hall–Kier alpha value is -4.03. The second-order valence-corrected chi connectivity index (χ2v) is 14.2. The van der Waals surface area contributed by atoms with Crippen LogP contribution in [0.3, 0.4) is 0 Å². The fourth-order valence-electron chi connectivity index (χ4n) is 5.77. The molecule has 10 nitrogen and oxygen atoms in total. The Balaban J connectivity index is 0.00000520. The molecule has 0 unspecified atom stereocenters. The highest BCUT2D eigenvalue weighted by Crippen LogP contribution is 2.30. The van der Waals surface area contributed by atoms with Gasteiger partial charge in [-0.1, -0.05) is 68.4 Å². The van der Waals surface area contributed by atoms with Gasteiger partial charge in [0.2, 0.25) is 11.8 Å². The van der Waals surface area contributed by atoms with E-state index in [1.54, 1.807) is 6.07 Å². The molecule has 1 aliphatic carbocycles. The van der Waals surface area contributed by atoms with Crippen LogP contribution in [0.15, 0.2) is 83.8 Å². The largest absolute Gasteiger partial charge is 0.478 e. The molecular weight excluding hydrogens is 652 g/mol. The van der Waals surface area contributed by atoms with Gasteiger partial charge in [-0.3, -0.25) is 0 Å². The molecule has 1 aromatic heterocycles. The van der Waals surface area contributed by atoms with Gasteiger partial charge in [0.15, 0.2) is 0 Å². The molecule has 0 saturated heterocycles. The van der Waals surface area contributed by atoms with E-state index in [4.69, 9.17) is 9.47 Å². The van der Waals surface area contributed by atoms with Crippen molar-refractivity contribution in [2.45, 2.75) is 76.6 Å². The molecule has 3 aromatic carbocycles. The zero-order chi connectivity index (χ0) is 33.6. The summed E-state index contributed by atoms with van der Waals surface area (Å²) in [6.45, 7) is 9.17. The average molecular weight is 695 g/mol. The van der Waals surface area contributed by atoms with Crippen LogP contribution in [0.5, 0.6) is 5.88 Å². The molecule has 0 radical (unpaired) electrons. The smallest absolute Gasteiger partial charge is 0.335 e. The van der Waals surface area contributed by atoms with Gasteiger partial charge in [0.1, 0.15) is 6.61 Å². The number of carbonyl (C=O) groups is 1. The number of aromatic carboxylic acids is 1. The molecule has 1 aliphatic rings. The Morgan fingerprint density at radius 1 is 0.958 bits per heavy atom. The maximum Gasteiger partial charge on any atom is 0.335 e. The average Bonchev–Trinajstić information content (AvgIpc) is 3.00. The van der Waals surface area contributed by atoms with Crippen molar-refractivity contribution in [1.82, 2.24) is 15.3 Å². The second-order valence-electron chi connectivity index (χ2n) is 12.5. The summed E-state index contributed by atoms with van der Waals surface area (Å²) in [6.07, 6.45) is 2.92. The van der Waals surface area contributed by atoms with Crippen LogP contribution in [0.25, 0.3) is 11.3 Å². The number of carboxylic acid groups (broad SMARTS) is 1. The molecule has 1 atom stereocenters. The van der Waals surface area contributed by atoms with Gasteiger partial charge in [0, 0.05) is 23.7 Å². The monoisotopic (exact) mass is 694 g/mol. The molecule has 3 N–H and O–H groups in total. The fourth-order valence-corrected chi connectivity index (χ4v) is 6.75. The number of hydrogen-bond acceptors (Lipinski definition) is 8. The van der Waals surface area contributed by atoms with Gasteiger partial charge in [-0.25, -0.2) is 22.9 Å². The molecule has 1 heterocycles. The first kappa shape index (κ1) is 36.8. The summed E-state index contributed by atoms with van der Waals surface area (Å²) in [5.41, 5.74) is 4.30. The van der Waals surface area contributed by atoms with Crippen LogP contribution in [-0.2, 0) is 21.4 Å². The van der Waals surface area contributed by atoms with Crippen molar-refractivity contribution in [2.75, 3.05) is 11.3 Å². The second kappa shape index (κ2) is 16.4. The first-order valence-corrected chi connectivity index (χ1v) is 17.3. The summed E-state index contributed by atoms with van der Waals surface area (Å²) in [5.74, 6) is -0.761. The van der Waals surface area contributed by atoms with Crippen LogP contribution >= 0.6 is 12.4 Å². The summed E-state index contributed by atoms with van der Waals surface area (Å²) >= 11 is 0. The maximum absolute atomic E-state index is 13.3. The third kappa shape index (κ3) is 9.76. The molecule has 48 heavy (non-hydrogen) atoms. The summed E-state index contributed by atoms with van der Waals surface area (Å²) < 4.78 is 41.4.